The third kappa shape index (κ3) is 1.98. The summed E-state index contributed by atoms with van der Waals surface area (Å²) in [7, 11) is -1.87. The lowest BCUT2D eigenvalue weighted by atomic mass is 10.3. The molecule has 17 heavy (non-hydrogen) atoms. The topological polar surface area (TPSA) is 95.3 Å². The Morgan fingerprint density at radius 1 is 1.41 bits per heavy atom. The van der Waals surface area contributed by atoms with Crippen LogP contribution in [0.1, 0.15) is 0 Å². The van der Waals surface area contributed by atoms with Crippen molar-refractivity contribution >= 4 is 20.9 Å². The molecular weight excluding hydrogens is 244 g/mol. The second kappa shape index (κ2) is 4.01. The quantitative estimate of drug-likeness (QED) is 0.825. The summed E-state index contributed by atoms with van der Waals surface area (Å²) in [4.78, 5) is 11.4. The van der Waals surface area contributed by atoms with Crippen LogP contribution in [-0.2, 0) is 16.9 Å². The fourth-order valence-electron chi connectivity index (χ4n) is 1.57. The van der Waals surface area contributed by atoms with Gasteiger partial charge < -0.3 is 10.2 Å². The Morgan fingerprint density at radius 2 is 2.12 bits per heavy atom. The van der Waals surface area contributed by atoms with Gasteiger partial charge >= 0.3 is 5.76 Å². The Hall–Kier alpha value is -1.60. The van der Waals surface area contributed by atoms with Gasteiger partial charge in [-0.2, -0.15) is 0 Å². The standard InChI is InChI=1S/C10H12N2O4S/c1-12-8-6-7(17(14,15)5-4-11)2-3-9(8)16-10(12)13/h2-3,6H,4-5,11H2,1H3. The fraction of sp³-hybridized carbons (Fsp3) is 0.300. The van der Waals surface area contributed by atoms with Crippen LogP contribution in [-0.4, -0.2) is 25.3 Å². The van der Waals surface area contributed by atoms with Crippen LogP contribution >= 0.6 is 0 Å². The number of aromatic nitrogens is 1. The zero-order chi connectivity index (χ0) is 12.6. The normalized spacial score (nSPS) is 12.1. The molecule has 1 heterocycles. The summed E-state index contributed by atoms with van der Waals surface area (Å²) in [5, 5.41) is 0. The van der Waals surface area contributed by atoms with E-state index in [2.05, 4.69) is 0 Å². The van der Waals surface area contributed by atoms with Gasteiger partial charge in [0.2, 0.25) is 0 Å². The van der Waals surface area contributed by atoms with Gasteiger partial charge in [0.05, 0.1) is 16.2 Å². The molecule has 0 bridgehead atoms. The number of nitrogens with two attached hydrogens (primary N) is 1. The fourth-order valence-corrected chi connectivity index (χ4v) is 2.69. The molecule has 0 aliphatic rings. The first-order valence-electron chi connectivity index (χ1n) is 4.98. The summed E-state index contributed by atoms with van der Waals surface area (Å²) < 4.78 is 29.8. The summed E-state index contributed by atoms with van der Waals surface area (Å²) in [6.45, 7) is 0.0602. The summed E-state index contributed by atoms with van der Waals surface area (Å²) in [5.74, 6) is -0.641. The molecule has 6 nitrogen and oxygen atoms in total. The summed E-state index contributed by atoms with van der Waals surface area (Å²) in [6, 6.07) is 4.31. The number of sulfone groups is 1. The van der Waals surface area contributed by atoms with Gasteiger partial charge in [0.1, 0.15) is 0 Å². The van der Waals surface area contributed by atoms with Crippen molar-refractivity contribution in [2.45, 2.75) is 4.90 Å². The van der Waals surface area contributed by atoms with E-state index in [4.69, 9.17) is 10.2 Å². The SMILES string of the molecule is Cn1c(=O)oc2ccc(S(=O)(=O)CCN)cc21. The van der Waals surface area contributed by atoms with Crippen LogP contribution in [0, 0.1) is 0 Å². The predicted molar refractivity (Wildman–Crippen MR) is 62.6 cm³/mol. The van der Waals surface area contributed by atoms with E-state index in [0.29, 0.717) is 11.1 Å². The Kier molecular flexibility index (Phi) is 2.80. The highest BCUT2D eigenvalue weighted by atomic mass is 32.2. The number of nitrogens with zero attached hydrogens (tertiary/aromatic N) is 1. The number of rotatable bonds is 3. The molecule has 0 radical (unpaired) electrons. The van der Waals surface area contributed by atoms with Crippen LogP contribution in [0.2, 0.25) is 0 Å². The molecule has 7 heteroatoms. The lowest BCUT2D eigenvalue weighted by Gasteiger charge is -2.02. The van der Waals surface area contributed by atoms with Crippen LogP contribution in [0.5, 0.6) is 0 Å². The predicted octanol–water partition coefficient (Wildman–Crippen LogP) is -0.136. The van der Waals surface area contributed by atoms with Crippen LogP contribution < -0.4 is 11.5 Å². The minimum Gasteiger partial charge on any atom is -0.408 e. The molecule has 0 aliphatic carbocycles. The van der Waals surface area contributed by atoms with Crippen molar-refractivity contribution in [3.05, 3.63) is 28.7 Å². The number of fused-ring (bicyclic) bond motifs is 1. The largest absolute Gasteiger partial charge is 0.419 e. The van der Waals surface area contributed by atoms with Gasteiger partial charge in [-0.25, -0.2) is 13.2 Å². The molecular formula is C10H12N2O4S. The van der Waals surface area contributed by atoms with E-state index >= 15 is 0 Å². The van der Waals surface area contributed by atoms with Gasteiger partial charge in [0.15, 0.2) is 15.4 Å². The molecule has 0 saturated carbocycles. The Labute approximate surface area is 97.6 Å². The van der Waals surface area contributed by atoms with Gasteiger partial charge in [0, 0.05) is 13.6 Å². The summed E-state index contributed by atoms with van der Waals surface area (Å²) >= 11 is 0. The molecule has 2 rings (SSSR count). The van der Waals surface area contributed by atoms with Crippen LogP contribution in [0.3, 0.4) is 0 Å². The van der Waals surface area contributed by atoms with Gasteiger partial charge in [-0.05, 0) is 18.2 Å². The Balaban J connectivity index is 2.66. The van der Waals surface area contributed by atoms with Gasteiger partial charge in [-0.1, -0.05) is 0 Å². The maximum absolute atomic E-state index is 11.8. The maximum atomic E-state index is 11.8. The number of oxazole rings is 1. The van der Waals surface area contributed by atoms with E-state index in [9.17, 15) is 13.2 Å². The highest BCUT2D eigenvalue weighted by molar-refractivity contribution is 7.91. The van der Waals surface area contributed by atoms with Crippen molar-refractivity contribution in [3.8, 4) is 0 Å². The minimum atomic E-state index is -3.39. The van der Waals surface area contributed by atoms with Crippen molar-refractivity contribution in [3.63, 3.8) is 0 Å². The third-order valence-corrected chi connectivity index (χ3v) is 4.25. The molecule has 0 spiro atoms. The highest BCUT2D eigenvalue weighted by Crippen LogP contribution is 2.18. The average molecular weight is 256 g/mol. The number of hydrogen-bond acceptors (Lipinski definition) is 5. The molecule has 0 aliphatic heterocycles. The second-order valence-corrected chi connectivity index (χ2v) is 5.77. The van der Waals surface area contributed by atoms with E-state index < -0.39 is 15.6 Å². The molecule has 0 saturated heterocycles. The van der Waals surface area contributed by atoms with Gasteiger partial charge in [-0.3, -0.25) is 4.57 Å². The molecule has 0 fully saturated rings. The number of hydrogen-bond donors (Lipinski definition) is 1. The lowest BCUT2D eigenvalue weighted by Crippen LogP contribution is -2.15. The van der Waals surface area contributed by atoms with E-state index in [1.165, 1.54) is 29.8 Å². The molecule has 1 aromatic carbocycles. The van der Waals surface area contributed by atoms with E-state index in [-0.39, 0.29) is 17.2 Å². The van der Waals surface area contributed by atoms with Gasteiger partial charge in [0.25, 0.3) is 0 Å². The van der Waals surface area contributed by atoms with Crippen molar-refractivity contribution < 1.29 is 12.8 Å². The highest BCUT2D eigenvalue weighted by Gasteiger charge is 2.15. The van der Waals surface area contributed by atoms with Crippen molar-refractivity contribution in [1.29, 1.82) is 0 Å². The van der Waals surface area contributed by atoms with E-state index in [1.807, 2.05) is 0 Å². The Morgan fingerprint density at radius 3 is 2.76 bits per heavy atom. The van der Waals surface area contributed by atoms with Crippen molar-refractivity contribution in [2.75, 3.05) is 12.3 Å². The monoisotopic (exact) mass is 256 g/mol. The first kappa shape index (κ1) is 11.9. The van der Waals surface area contributed by atoms with Gasteiger partial charge in [-0.15, -0.1) is 0 Å². The van der Waals surface area contributed by atoms with Crippen LogP contribution in [0.25, 0.3) is 11.1 Å². The second-order valence-electron chi connectivity index (χ2n) is 3.66. The van der Waals surface area contributed by atoms with Crippen molar-refractivity contribution in [2.24, 2.45) is 12.8 Å². The molecule has 1 aromatic heterocycles. The first-order chi connectivity index (χ1) is 7.95. The first-order valence-corrected chi connectivity index (χ1v) is 6.63. The van der Waals surface area contributed by atoms with E-state index in [1.54, 1.807) is 0 Å². The summed E-state index contributed by atoms with van der Waals surface area (Å²) in [6.07, 6.45) is 0. The smallest absolute Gasteiger partial charge is 0.408 e. The van der Waals surface area contributed by atoms with Crippen molar-refractivity contribution in [1.82, 2.24) is 4.57 Å². The zero-order valence-electron chi connectivity index (χ0n) is 9.21. The lowest BCUT2D eigenvalue weighted by molar-refractivity contribution is 0.528. The molecule has 0 amide bonds. The van der Waals surface area contributed by atoms with Crippen LogP contribution in [0.4, 0.5) is 0 Å². The zero-order valence-corrected chi connectivity index (χ0v) is 10.0. The molecule has 0 unspecified atom stereocenters. The van der Waals surface area contributed by atoms with E-state index in [0.717, 1.165) is 0 Å². The molecule has 2 aromatic rings. The maximum Gasteiger partial charge on any atom is 0.419 e. The molecule has 92 valence electrons. The Bertz CT molecular complexity index is 711. The minimum absolute atomic E-state index is 0.0602. The summed E-state index contributed by atoms with van der Waals surface area (Å²) in [5.41, 5.74) is 6.06. The number of aryl methyl sites for hydroxylation is 1. The average Bonchev–Trinajstić information content (AvgIpc) is 2.54. The molecule has 0 atom stereocenters. The third-order valence-electron chi connectivity index (χ3n) is 2.51. The van der Waals surface area contributed by atoms with Crippen LogP contribution in [0.15, 0.2) is 32.3 Å². The number of benzene rings is 1. The molecule has 2 N–H and O–H groups in total.